The van der Waals surface area contributed by atoms with Crippen LogP contribution in [0.3, 0.4) is 0 Å². The van der Waals surface area contributed by atoms with Crippen LogP contribution in [0.2, 0.25) is 0 Å². The van der Waals surface area contributed by atoms with Gasteiger partial charge in [-0.25, -0.2) is 4.99 Å². The van der Waals surface area contributed by atoms with Crippen molar-refractivity contribution in [1.29, 1.82) is 0 Å². The fourth-order valence-corrected chi connectivity index (χ4v) is 3.40. The monoisotopic (exact) mass is 415 g/mol. The van der Waals surface area contributed by atoms with E-state index in [1.807, 2.05) is 25.1 Å². The summed E-state index contributed by atoms with van der Waals surface area (Å²) in [7, 11) is 1.73. The minimum absolute atomic E-state index is 0.0720. The molecule has 0 spiro atoms. The van der Waals surface area contributed by atoms with Crippen molar-refractivity contribution >= 4 is 5.96 Å². The molecule has 1 aliphatic rings. The van der Waals surface area contributed by atoms with E-state index in [0.29, 0.717) is 12.1 Å². The number of nitrogens with zero attached hydrogens (tertiary/aromatic N) is 1. The van der Waals surface area contributed by atoms with Crippen LogP contribution in [0.4, 0.5) is 13.2 Å². The van der Waals surface area contributed by atoms with Gasteiger partial charge in [0.1, 0.15) is 6.61 Å². The van der Waals surface area contributed by atoms with Crippen LogP contribution in [-0.4, -0.2) is 45.5 Å². The lowest BCUT2D eigenvalue weighted by atomic mass is 9.67. The third-order valence-electron chi connectivity index (χ3n) is 5.17. The van der Waals surface area contributed by atoms with Gasteiger partial charge in [-0.3, -0.25) is 0 Å². The molecule has 0 aliphatic heterocycles. The summed E-state index contributed by atoms with van der Waals surface area (Å²) in [6.45, 7) is 3.51. The number of halogens is 3. The maximum atomic E-state index is 12.2. The summed E-state index contributed by atoms with van der Waals surface area (Å²) >= 11 is 0. The number of hydrogen-bond donors (Lipinski definition) is 2. The van der Waals surface area contributed by atoms with Crippen LogP contribution < -0.4 is 10.6 Å². The summed E-state index contributed by atoms with van der Waals surface area (Å²) in [6.07, 6.45) is 0.374. The van der Waals surface area contributed by atoms with Crippen LogP contribution >= 0.6 is 0 Å². The van der Waals surface area contributed by atoms with E-state index in [1.165, 1.54) is 19.3 Å². The molecule has 1 aromatic carbocycles. The number of rotatable bonds is 11. The number of alkyl halides is 3. The summed E-state index contributed by atoms with van der Waals surface area (Å²) in [5, 5.41) is 6.69. The van der Waals surface area contributed by atoms with Gasteiger partial charge in [-0.1, -0.05) is 30.7 Å². The zero-order valence-electron chi connectivity index (χ0n) is 17.3. The molecule has 164 valence electrons. The average Bonchev–Trinajstić information content (AvgIpc) is 2.64. The molecule has 0 atom stereocenters. The minimum atomic E-state index is -4.31. The summed E-state index contributed by atoms with van der Waals surface area (Å²) in [5.74, 6) is 0.745. The Bertz CT molecular complexity index is 646. The van der Waals surface area contributed by atoms with Gasteiger partial charge in [0.15, 0.2) is 5.96 Å². The van der Waals surface area contributed by atoms with Gasteiger partial charge >= 0.3 is 6.18 Å². The van der Waals surface area contributed by atoms with E-state index in [1.54, 1.807) is 13.2 Å². The van der Waals surface area contributed by atoms with Gasteiger partial charge in [0.05, 0.1) is 13.2 Å². The molecule has 0 amide bonds. The molecule has 8 heteroatoms. The van der Waals surface area contributed by atoms with E-state index in [2.05, 4.69) is 15.6 Å². The highest BCUT2D eigenvalue weighted by Crippen LogP contribution is 2.43. The van der Waals surface area contributed by atoms with E-state index < -0.39 is 12.8 Å². The van der Waals surface area contributed by atoms with E-state index >= 15 is 0 Å². The average molecular weight is 416 g/mol. The first-order valence-electron chi connectivity index (χ1n) is 10.1. The first-order chi connectivity index (χ1) is 13.9. The lowest BCUT2D eigenvalue weighted by Gasteiger charge is -2.42. The molecule has 0 aromatic heterocycles. The van der Waals surface area contributed by atoms with Crippen molar-refractivity contribution in [2.24, 2.45) is 10.4 Å². The largest absolute Gasteiger partial charge is 0.411 e. The van der Waals surface area contributed by atoms with Crippen molar-refractivity contribution in [1.82, 2.24) is 10.6 Å². The molecule has 5 nitrogen and oxygen atoms in total. The second kappa shape index (κ2) is 11.4. The van der Waals surface area contributed by atoms with Crippen LogP contribution in [0.25, 0.3) is 0 Å². The zero-order chi connectivity index (χ0) is 21.2. The number of nitrogens with one attached hydrogen (secondary N) is 2. The van der Waals surface area contributed by atoms with Gasteiger partial charge in [0.2, 0.25) is 0 Å². The molecule has 0 radical (unpaired) electrons. The Morgan fingerprint density at radius 3 is 2.59 bits per heavy atom. The fourth-order valence-electron chi connectivity index (χ4n) is 3.40. The van der Waals surface area contributed by atoms with Crippen LogP contribution in [0.15, 0.2) is 29.3 Å². The molecule has 1 aliphatic carbocycles. The zero-order valence-corrected chi connectivity index (χ0v) is 17.3. The van der Waals surface area contributed by atoms with Crippen molar-refractivity contribution < 1.29 is 22.6 Å². The summed E-state index contributed by atoms with van der Waals surface area (Å²) < 4.78 is 46.6. The Hall–Kier alpha value is -1.80. The standard InChI is InChI=1S/C21H32F3N3O2/c1-3-25-19(27-15-20(8-5-9-20)10-11-28-2)26-13-17-6-4-7-18(12-17)14-29-16-21(22,23)24/h4,6-7,12H,3,5,8-11,13-16H2,1-2H3,(H2,25,26,27). The SMILES string of the molecule is CCNC(=NCc1cccc(COCC(F)(F)F)c1)NCC1(CCOC)CCC1. The number of aliphatic imine (C=N–C) groups is 1. The van der Waals surface area contributed by atoms with Crippen LogP contribution in [0.5, 0.6) is 0 Å². The van der Waals surface area contributed by atoms with Crippen molar-refractivity contribution in [2.75, 3.05) is 33.4 Å². The molecule has 1 fully saturated rings. The van der Waals surface area contributed by atoms with E-state index in [-0.39, 0.29) is 12.0 Å². The van der Waals surface area contributed by atoms with Crippen molar-refractivity contribution in [3.05, 3.63) is 35.4 Å². The smallest absolute Gasteiger partial charge is 0.385 e. The molecule has 29 heavy (non-hydrogen) atoms. The Labute approximate surface area is 171 Å². The number of ether oxygens (including phenoxy) is 2. The highest BCUT2D eigenvalue weighted by atomic mass is 19.4. The number of hydrogen-bond acceptors (Lipinski definition) is 3. The Morgan fingerprint density at radius 1 is 1.21 bits per heavy atom. The van der Waals surface area contributed by atoms with E-state index in [4.69, 9.17) is 9.47 Å². The number of guanidine groups is 1. The molecule has 1 saturated carbocycles. The third-order valence-corrected chi connectivity index (χ3v) is 5.17. The molecule has 2 rings (SSSR count). The Balaban J connectivity index is 1.89. The van der Waals surface area contributed by atoms with E-state index in [9.17, 15) is 13.2 Å². The molecule has 0 unspecified atom stereocenters. The predicted octanol–water partition coefficient (Wildman–Crippen LogP) is 4.03. The summed E-state index contributed by atoms with van der Waals surface area (Å²) in [5.41, 5.74) is 1.91. The second-order valence-corrected chi connectivity index (χ2v) is 7.57. The summed E-state index contributed by atoms with van der Waals surface area (Å²) in [4.78, 5) is 4.63. The Kier molecular flexibility index (Phi) is 9.23. The minimum Gasteiger partial charge on any atom is -0.385 e. The van der Waals surface area contributed by atoms with Gasteiger partial charge in [-0.05, 0) is 42.7 Å². The molecule has 2 N–H and O–H groups in total. The van der Waals surface area contributed by atoms with Crippen LogP contribution in [0.1, 0.15) is 43.7 Å². The first-order valence-corrected chi connectivity index (χ1v) is 10.1. The maximum Gasteiger partial charge on any atom is 0.411 e. The predicted molar refractivity (Wildman–Crippen MR) is 108 cm³/mol. The molecule has 0 bridgehead atoms. The van der Waals surface area contributed by atoms with Gasteiger partial charge in [0.25, 0.3) is 0 Å². The topological polar surface area (TPSA) is 54.9 Å². The number of methoxy groups -OCH3 is 1. The first kappa shape index (κ1) is 23.5. The maximum absolute atomic E-state index is 12.2. The fraction of sp³-hybridized carbons (Fsp3) is 0.667. The van der Waals surface area contributed by atoms with Crippen molar-refractivity contribution in [2.45, 2.75) is 51.9 Å². The molecule has 1 aromatic rings. The van der Waals surface area contributed by atoms with Crippen molar-refractivity contribution in [3.63, 3.8) is 0 Å². The van der Waals surface area contributed by atoms with Gasteiger partial charge in [0, 0.05) is 26.8 Å². The normalized spacial score (nSPS) is 16.4. The molecule has 0 heterocycles. The van der Waals surface area contributed by atoms with Gasteiger partial charge in [-0.15, -0.1) is 0 Å². The third kappa shape index (κ3) is 8.62. The number of benzene rings is 1. The Morgan fingerprint density at radius 2 is 1.97 bits per heavy atom. The molecule has 0 saturated heterocycles. The molecular formula is C21H32F3N3O2. The van der Waals surface area contributed by atoms with Gasteiger partial charge < -0.3 is 20.1 Å². The molecular weight excluding hydrogens is 383 g/mol. The van der Waals surface area contributed by atoms with Crippen LogP contribution in [0, 0.1) is 5.41 Å². The highest BCUT2D eigenvalue weighted by Gasteiger charge is 2.36. The van der Waals surface area contributed by atoms with Gasteiger partial charge in [-0.2, -0.15) is 13.2 Å². The quantitative estimate of drug-likeness (QED) is 0.423. The van der Waals surface area contributed by atoms with Crippen molar-refractivity contribution in [3.8, 4) is 0 Å². The highest BCUT2D eigenvalue weighted by molar-refractivity contribution is 5.79. The lowest BCUT2D eigenvalue weighted by Crippen LogP contribution is -2.46. The summed E-state index contributed by atoms with van der Waals surface area (Å²) in [6, 6.07) is 7.30. The lowest BCUT2D eigenvalue weighted by molar-refractivity contribution is -0.176. The van der Waals surface area contributed by atoms with E-state index in [0.717, 1.165) is 37.6 Å². The second-order valence-electron chi connectivity index (χ2n) is 7.57. The van der Waals surface area contributed by atoms with Crippen LogP contribution in [-0.2, 0) is 22.6 Å².